The summed E-state index contributed by atoms with van der Waals surface area (Å²) in [6.07, 6.45) is 1.58. The quantitative estimate of drug-likeness (QED) is 0.306. The van der Waals surface area contributed by atoms with E-state index in [1.165, 1.54) is 5.01 Å². The summed E-state index contributed by atoms with van der Waals surface area (Å²) in [5, 5.41) is 1.26. The highest BCUT2D eigenvalue weighted by Crippen LogP contribution is 2.31. The topological polar surface area (TPSA) is 58.6 Å². The third-order valence-electron chi connectivity index (χ3n) is 3.52. The first-order valence-electron chi connectivity index (χ1n) is 7.06. The average Bonchev–Trinajstić information content (AvgIpc) is 2.83. The lowest BCUT2D eigenvalue weighted by Crippen LogP contribution is -2.35. The van der Waals surface area contributed by atoms with Gasteiger partial charge in [0.1, 0.15) is 11.3 Å². The van der Waals surface area contributed by atoms with Gasteiger partial charge in [0.15, 0.2) is 0 Å². The molecule has 25 heavy (non-hydrogen) atoms. The van der Waals surface area contributed by atoms with Crippen molar-refractivity contribution in [3.63, 3.8) is 0 Å². The summed E-state index contributed by atoms with van der Waals surface area (Å²) in [5.41, 5.74) is 4.00. The van der Waals surface area contributed by atoms with Crippen LogP contribution < -0.4 is 15.2 Å². The van der Waals surface area contributed by atoms with Crippen LogP contribution >= 0.6 is 67.8 Å². The first kappa shape index (κ1) is 18.9. The van der Waals surface area contributed by atoms with E-state index in [-0.39, 0.29) is 11.5 Å². The van der Waals surface area contributed by atoms with Crippen LogP contribution in [0.5, 0.6) is 5.75 Å². The van der Waals surface area contributed by atoms with E-state index >= 15 is 0 Å². The molecule has 5 nitrogen and oxygen atoms in total. The van der Waals surface area contributed by atoms with Crippen LogP contribution in [-0.4, -0.2) is 18.9 Å². The van der Waals surface area contributed by atoms with Crippen molar-refractivity contribution in [3.8, 4) is 5.75 Å². The van der Waals surface area contributed by atoms with E-state index in [4.69, 9.17) is 4.74 Å². The summed E-state index contributed by atoms with van der Waals surface area (Å²) in [4.78, 5) is 25.0. The van der Waals surface area contributed by atoms with Crippen LogP contribution in [0.25, 0.3) is 6.08 Å². The predicted molar refractivity (Wildman–Crippen MR) is 121 cm³/mol. The van der Waals surface area contributed by atoms with Crippen molar-refractivity contribution in [1.29, 1.82) is 0 Å². The Kier molecular flexibility index (Phi) is 5.88. The number of carbonyl (C=O) groups excluding carboxylic acids is 2. The van der Waals surface area contributed by atoms with Gasteiger partial charge in [-0.15, -0.1) is 0 Å². The predicted octanol–water partition coefficient (Wildman–Crippen LogP) is 3.97. The Bertz CT molecular complexity index is 895. The largest absolute Gasteiger partial charge is 0.495 e. The van der Waals surface area contributed by atoms with Crippen LogP contribution in [0.2, 0.25) is 0 Å². The average molecular weight is 672 g/mol. The first-order chi connectivity index (χ1) is 11.9. The van der Waals surface area contributed by atoms with Crippen molar-refractivity contribution in [2.75, 3.05) is 12.1 Å². The SMILES string of the molecule is COc1c(I)cc(I)cc1/C=C1/C(=O)NN(c2ccc(I)cc2)C1=O. The van der Waals surface area contributed by atoms with Crippen molar-refractivity contribution >= 4 is 91.4 Å². The fourth-order valence-corrected chi connectivity index (χ4v) is 4.86. The molecule has 0 bridgehead atoms. The molecule has 0 atom stereocenters. The second-order valence-corrected chi connectivity index (χ2v) is 8.78. The molecule has 1 N–H and O–H groups in total. The third kappa shape index (κ3) is 3.94. The number of anilines is 1. The fourth-order valence-electron chi connectivity index (χ4n) is 2.39. The summed E-state index contributed by atoms with van der Waals surface area (Å²) in [7, 11) is 1.57. The molecule has 0 aromatic heterocycles. The molecule has 2 amide bonds. The molecule has 1 aliphatic rings. The molecule has 1 fully saturated rings. The van der Waals surface area contributed by atoms with Crippen molar-refractivity contribution in [3.05, 3.63) is 58.2 Å². The molecule has 3 rings (SSSR count). The van der Waals surface area contributed by atoms with Crippen LogP contribution in [-0.2, 0) is 9.59 Å². The number of hydrogen-bond acceptors (Lipinski definition) is 3. The highest BCUT2D eigenvalue weighted by Gasteiger charge is 2.34. The summed E-state index contributed by atoms with van der Waals surface area (Å²) in [6.45, 7) is 0. The van der Waals surface area contributed by atoms with Crippen LogP contribution in [0.4, 0.5) is 5.69 Å². The van der Waals surface area contributed by atoms with Gasteiger partial charge >= 0.3 is 0 Å². The van der Waals surface area contributed by atoms with E-state index in [1.807, 2.05) is 24.3 Å². The van der Waals surface area contributed by atoms with Crippen molar-refractivity contribution < 1.29 is 14.3 Å². The third-order valence-corrected chi connectivity index (χ3v) is 5.66. The van der Waals surface area contributed by atoms with Gasteiger partial charge < -0.3 is 4.74 Å². The van der Waals surface area contributed by atoms with Crippen LogP contribution in [0.1, 0.15) is 5.56 Å². The highest BCUT2D eigenvalue weighted by molar-refractivity contribution is 14.1. The Hall–Kier alpha value is -0.890. The standard InChI is InChI=1S/C17H11I3N2O3/c1-25-15-9(6-11(19)8-14(15)20)7-13-16(23)21-22(17(13)24)12-4-2-10(18)3-5-12/h2-8H,1H3,(H,21,23)/b13-7-. The fraction of sp³-hybridized carbons (Fsp3) is 0.0588. The summed E-state index contributed by atoms with van der Waals surface area (Å²) in [6, 6.07) is 11.2. The highest BCUT2D eigenvalue weighted by atomic mass is 127. The number of hydrogen-bond donors (Lipinski definition) is 1. The lowest BCUT2D eigenvalue weighted by atomic mass is 10.1. The lowest BCUT2D eigenvalue weighted by molar-refractivity contribution is -0.117. The Labute approximate surface area is 185 Å². The molecule has 1 saturated heterocycles. The minimum atomic E-state index is -0.431. The monoisotopic (exact) mass is 672 g/mol. The molecule has 0 aliphatic carbocycles. The molecule has 1 heterocycles. The molecular weight excluding hydrogens is 661 g/mol. The molecule has 0 unspecified atom stereocenters. The van der Waals surface area contributed by atoms with Gasteiger partial charge in [0.25, 0.3) is 11.8 Å². The molecule has 2 aromatic carbocycles. The second-order valence-electron chi connectivity index (χ2n) is 5.13. The maximum absolute atomic E-state index is 12.7. The van der Waals surface area contributed by atoms with Crippen molar-refractivity contribution in [2.24, 2.45) is 0 Å². The Morgan fingerprint density at radius 3 is 2.36 bits per heavy atom. The van der Waals surface area contributed by atoms with Gasteiger partial charge in [-0.1, -0.05) is 0 Å². The number of ether oxygens (including phenoxy) is 1. The van der Waals surface area contributed by atoms with Crippen molar-refractivity contribution in [2.45, 2.75) is 0 Å². The van der Waals surface area contributed by atoms with Gasteiger partial charge in [-0.25, -0.2) is 5.01 Å². The molecule has 0 saturated carbocycles. The molecule has 0 spiro atoms. The molecule has 0 radical (unpaired) electrons. The molecular formula is C17H11I3N2O3. The van der Waals surface area contributed by atoms with Crippen LogP contribution in [0, 0.1) is 10.7 Å². The van der Waals surface area contributed by atoms with Crippen LogP contribution in [0.3, 0.4) is 0 Å². The van der Waals surface area contributed by atoms with E-state index in [0.717, 1.165) is 10.7 Å². The number of methoxy groups -OCH3 is 1. The molecule has 128 valence electrons. The maximum Gasteiger partial charge on any atom is 0.282 e. The van der Waals surface area contributed by atoms with Gasteiger partial charge in [0, 0.05) is 12.7 Å². The summed E-state index contributed by atoms with van der Waals surface area (Å²) < 4.78 is 8.38. The van der Waals surface area contributed by atoms with Gasteiger partial charge in [-0.05, 0) is 110 Å². The van der Waals surface area contributed by atoms with E-state index in [2.05, 4.69) is 73.2 Å². The number of halogens is 3. The minimum Gasteiger partial charge on any atom is -0.495 e. The Balaban J connectivity index is 2.01. The number of carbonyl (C=O) groups is 2. The number of nitrogens with one attached hydrogen (secondary N) is 1. The zero-order valence-electron chi connectivity index (χ0n) is 12.8. The number of rotatable bonds is 3. The van der Waals surface area contributed by atoms with Gasteiger partial charge in [-0.2, -0.15) is 0 Å². The summed E-state index contributed by atoms with van der Waals surface area (Å²) in [5.74, 6) is -0.177. The number of nitrogens with zero attached hydrogens (tertiary/aromatic N) is 1. The van der Waals surface area contributed by atoms with E-state index in [9.17, 15) is 9.59 Å². The lowest BCUT2D eigenvalue weighted by Gasteiger charge is -2.14. The molecule has 1 aliphatic heterocycles. The molecule has 8 heteroatoms. The Morgan fingerprint density at radius 2 is 1.72 bits per heavy atom. The Morgan fingerprint density at radius 1 is 1.04 bits per heavy atom. The maximum atomic E-state index is 12.7. The van der Waals surface area contributed by atoms with Gasteiger partial charge in [0.2, 0.25) is 0 Å². The zero-order valence-corrected chi connectivity index (χ0v) is 19.3. The van der Waals surface area contributed by atoms with Crippen molar-refractivity contribution in [1.82, 2.24) is 5.43 Å². The normalized spacial score (nSPS) is 15.7. The molecule has 2 aromatic rings. The number of benzene rings is 2. The van der Waals surface area contributed by atoms with Gasteiger partial charge in [0.05, 0.1) is 16.4 Å². The number of hydrazine groups is 1. The zero-order chi connectivity index (χ0) is 18.1. The van der Waals surface area contributed by atoms with Gasteiger partial charge in [-0.3, -0.25) is 15.0 Å². The second kappa shape index (κ2) is 7.78. The van der Waals surface area contributed by atoms with E-state index < -0.39 is 5.91 Å². The smallest absolute Gasteiger partial charge is 0.282 e. The first-order valence-corrected chi connectivity index (χ1v) is 10.3. The van der Waals surface area contributed by atoms with Crippen LogP contribution in [0.15, 0.2) is 42.0 Å². The number of amides is 2. The minimum absolute atomic E-state index is 0.0784. The van der Waals surface area contributed by atoms with E-state index in [1.54, 1.807) is 25.3 Å². The summed E-state index contributed by atoms with van der Waals surface area (Å²) >= 11 is 6.55. The van der Waals surface area contributed by atoms with E-state index in [0.29, 0.717) is 17.0 Å².